The molecule has 0 fully saturated rings. The molecule has 3 nitrogen and oxygen atoms in total. The van der Waals surface area contributed by atoms with Crippen molar-refractivity contribution in [1.82, 2.24) is 10.3 Å². The van der Waals surface area contributed by atoms with Crippen LogP contribution in [-0.4, -0.2) is 25.2 Å². The van der Waals surface area contributed by atoms with Crippen LogP contribution in [0.15, 0.2) is 31.0 Å². The second-order valence-corrected chi connectivity index (χ2v) is 4.83. The Morgan fingerprint density at radius 2 is 2.21 bits per heavy atom. The molecule has 1 unspecified atom stereocenters. The van der Waals surface area contributed by atoms with E-state index in [2.05, 4.69) is 22.9 Å². The first kappa shape index (κ1) is 15.7. The number of hydrogen-bond acceptors (Lipinski definition) is 3. The van der Waals surface area contributed by atoms with Gasteiger partial charge in [-0.3, -0.25) is 0 Å². The molecular formula is C16H26N2O. The first-order valence-electron chi connectivity index (χ1n) is 7.07. The smallest absolute Gasteiger partial charge is 0.212 e. The largest absolute Gasteiger partial charge is 0.481 e. The van der Waals surface area contributed by atoms with Gasteiger partial charge in [0.1, 0.15) is 0 Å². The van der Waals surface area contributed by atoms with E-state index in [9.17, 15) is 0 Å². The summed E-state index contributed by atoms with van der Waals surface area (Å²) in [6, 6.07) is 4.54. The molecule has 1 atom stereocenters. The fourth-order valence-electron chi connectivity index (χ4n) is 2.14. The molecule has 19 heavy (non-hydrogen) atoms. The molecular weight excluding hydrogens is 236 g/mol. The Morgan fingerprint density at radius 3 is 2.79 bits per heavy atom. The predicted octanol–water partition coefficient (Wildman–Crippen LogP) is 3.36. The van der Waals surface area contributed by atoms with Crippen LogP contribution in [-0.2, 0) is 6.42 Å². The van der Waals surface area contributed by atoms with E-state index < -0.39 is 0 Å². The number of allylic oxidation sites excluding steroid dienone is 1. The first-order valence-corrected chi connectivity index (χ1v) is 7.07. The molecule has 0 radical (unpaired) electrons. The quantitative estimate of drug-likeness (QED) is 0.518. The van der Waals surface area contributed by atoms with Gasteiger partial charge in [0.15, 0.2) is 0 Å². The lowest BCUT2D eigenvalue weighted by molar-refractivity contribution is 0.397. The van der Waals surface area contributed by atoms with E-state index in [0.29, 0.717) is 11.9 Å². The van der Waals surface area contributed by atoms with E-state index in [-0.39, 0.29) is 0 Å². The van der Waals surface area contributed by atoms with Crippen LogP contribution in [0.4, 0.5) is 0 Å². The van der Waals surface area contributed by atoms with Crippen molar-refractivity contribution in [3.63, 3.8) is 0 Å². The number of unbranched alkanes of at least 4 members (excludes halogenated alkanes) is 3. The Kier molecular flexibility index (Phi) is 7.91. The highest BCUT2D eigenvalue weighted by Gasteiger charge is 2.07. The van der Waals surface area contributed by atoms with Crippen molar-refractivity contribution >= 4 is 0 Å². The zero-order valence-electron chi connectivity index (χ0n) is 12.2. The van der Waals surface area contributed by atoms with Crippen LogP contribution in [0, 0.1) is 0 Å². The van der Waals surface area contributed by atoms with E-state index in [0.717, 1.165) is 12.8 Å². The van der Waals surface area contributed by atoms with Gasteiger partial charge in [-0.05, 0) is 38.3 Å². The maximum absolute atomic E-state index is 5.07. The molecule has 0 bridgehead atoms. The van der Waals surface area contributed by atoms with Crippen LogP contribution in [0.2, 0.25) is 0 Å². The lowest BCUT2D eigenvalue weighted by atomic mass is 10.0. The van der Waals surface area contributed by atoms with Crippen LogP contribution in [0.25, 0.3) is 0 Å². The highest BCUT2D eigenvalue weighted by molar-refractivity contribution is 5.18. The third-order valence-corrected chi connectivity index (χ3v) is 3.36. The zero-order valence-corrected chi connectivity index (χ0v) is 12.2. The summed E-state index contributed by atoms with van der Waals surface area (Å²) >= 11 is 0. The molecule has 106 valence electrons. The third-order valence-electron chi connectivity index (χ3n) is 3.36. The minimum atomic E-state index is 0.527. The van der Waals surface area contributed by atoms with Crippen LogP contribution < -0.4 is 10.1 Å². The van der Waals surface area contributed by atoms with Gasteiger partial charge in [-0.1, -0.05) is 25.0 Å². The van der Waals surface area contributed by atoms with Crippen molar-refractivity contribution in [2.75, 3.05) is 14.2 Å². The van der Waals surface area contributed by atoms with Gasteiger partial charge in [0.05, 0.1) is 7.11 Å². The van der Waals surface area contributed by atoms with Crippen molar-refractivity contribution in [2.24, 2.45) is 0 Å². The van der Waals surface area contributed by atoms with E-state index in [4.69, 9.17) is 4.74 Å². The lowest BCUT2D eigenvalue weighted by Gasteiger charge is -2.16. The molecule has 0 aromatic carbocycles. The predicted molar refractivity (Wildman–Crippen MR) is 80.6 cm³/mol. The number of rotatable bonds is 10. The van der Waals surface area contributed by atoms with Gasteiger partial charge in [0.25, 0.3) is 0 Å². The molecule has 1 aromatic rings. The van der Waals surface area contributed by atoms with Gasteiger partial charge in [-0.2, -0.15) is 0 Å². The van der Waals surface area contributed by atoms with Crippen molar-refractivity contribution in [1.29, 1.82) is 0 Å². The Balaban J connectivity index is 2.31. The zero-order chi connectivity index (χ0) is 13.9. The van der Waals surface area contributed by atoms with Crippen molar-refractivity contribution in [3.05, 3.63) is 36.5 Å². The molecule has 0 amide bonds. The second kappa shape index (κ2) is 9.56. The number of nitrogens with one attached hydrogen (secondary N) is 1. The molecule has 0 aliphatic heterocycles. The fraction of sp³-hybridized carbons (Fsp3) is 0.562. The summed E-state index contributed by atoms with van der Waals surface area (Å²) in [6.45, 7) is 3.75. The summed E-state index contributed by atoms with van der Waals surface area (Å²) in [5.74, 6) is 0.675. The number of hydrogen-bond donors (Lipinski definition) is 1. The number of ether oxygens (including phenoxy) is 1. The Labute approximate surface area is 117 Å². The molecule has 1 N–H and O–H groups in total. The number of aromatic nitrogens is 1. The molecule has 1 heterocycles. The van der Waals surface area contributed by atoms with Gasteiger partial charge < -0.3 is 10.1 Å². The highest BCUT2D eigenvalue weighted by atomic mass is 16.5. The van der Waals surface area contributed by atoms with Crippen molar-refractivity contribution in [3.8, 4) is 5.88 Å². The molecule has 3 heteroatoms. The maximum atomic E-state index is 5.07. The van der Waals surface area contributed by atoms with Crippen LogP contribution >= 0.6 is 0 Å². The van der Waals surface area contributed by atoms with Crippen molar-refractivity contribution in [2.45, 2.75) is 44.6 Å². The molecule has 0 saturated heterocycles. The topological polar surface area (TPSA) is 34.1 Å². The Bertz CT molecular complexity index is 348. The summed E-state index contributed by atoms with van der Waals surface area (Å²) in [7, 11) is 3.67. The van der Waals surface area contributed by atoms with Crippen molar-refractivity contribution < 1.29 is 4.74 Å². The standard InChI is InChI=1S/C16H26N2O/c1-4-5-6-7-8-9-15(17-2)12-14-10-11-16(19-3)18-13-14/h4,10-11,13,15,17H,1,5-9,12H2,2-3H3. The molecule has 1 rings (SSSR count). The van der Waals surface area contributed by atoms with E-state index in [1.165, 1.54) is 31.2 Å². The summed E-state index contributed by atoms with van der Waals surface area (Å²) in [4.78, 5) is 4.24. The minimum Gasteiger partial charge on any atom is -0.481 e. The molecule has 0 aliphatic carbocycles. The molecule has 0 saturated carbocycles. The number of methoxy groups -OCH3 is 1. The van der Waals surface area contributed by atoms with Gasteiger partial charge in [0.2, 0.25) is 5.88 Å². The normalized spacial score (nSPS) is 12.1. The van der Waals surface area contributed by atoms with Gasteiger partial charge in [-0.25, -0.2) is 4.98 Å². The number of likely N-dealkylation sites (N-methyl/N-ethyl adjacent to an activating group) is 1. The molecule has 0 aliphatic rings. The average molecular weight is 262 g/mol. The van der Waals surface area contributed by atoms with E-state index in [1.54, 1.807) is 7.11 Å². The Morgan fingerprint density at radius 1 is 1.37 bits per heavy atom. The Hall–Kier alpha value is -1.35. The fourth-order valence-corrected chi connectivity index (χ4v) is 2.14. The number of nitrogens with zero attached hydrogens (tertiary/aromatic N) is 1. The molecule has 1 aromatic heterocycles. The molecule has 0 spiro atoms. The number of pyridine rings is 1. The van der Waals surface area contributed by atoms with E-state index in [1.807, 2.05) is 25.4 Å². The summed E-state index contributed by atoms with van der Waals surface area (Å²) < 4.78 is 5.07. The van der Waals surface area contributed by atoms with Crippen LogP contribution in [0.3, 0.4) is 0 Å². The summed E-state index contributed by atoms with van der Waals surface area (Å²) in [5, 5.41) is 3.39. The monoisotopic (exact) mass is 262 g/mol. The maximum Gasteiger partial charge on any atom is 0.212 e. The van der Waals surface area contributed by atoms with Gasteiger partial charge in [-0.15, -0.1) is 6.58 Å². The summed E-state index contributed by atoms with van der Waals surface area (Å²) in [5.41, 5.74) is 1.26. The van der Waals surface area contributed by atoms with Crippen LogP contribution in [0.5, 0.6) is 5.88 Å². The average Bonchev–Trinajstić information content (AvgIpc) is 2.46. The lowest BCUT2D eigenvalue weighted by Crippen LogP contribution is -2.27. The first-order chi connectivity index (χ1) is 9.30. The van der Waals surface area contributed by atoms with Gasteiger partial charge >= 0.3 is 0 Å². The second-order valence-electron chi connectivity index (χ2n) is 4.83. The van der Waals surface area contributed by atoms with Crippen LogP contribution in [0.1, 0.15) is 37.7 Å². The SMILES string of the molecule is C=CCCCCCC(Cc1ccc(OC)nc1)NC. The third kappa shape index (κ3) is 6.39. The van der Waals surface area contributed by atoms with Gasteiger partial charge in [0, 0.05) is 18.3 Å². The minimum absolute atomic E-state index is 0.527. The highest BCUT2D eigenvalue weighted by Crippen LogP contribution is 2.12. The summed E-state index contributed by atoms with van der Waals surface area (Å²) in [6.07, 6.45) is 11.1. The van der Waals surface area contributed by atoms with E-state index >= 15 is 0 Å².